The van der Waals surface area contributed by atoms with E-state index in [2.05, 4.69) is 20.7 Å². The van der Waals surface area contributed by atoms with Crippen LogP contribution in [0.2, 0.25) is 0 Å². The van der Waals surface area contributed by atoms with Crippen molar-refractivity contribution >= 4 is 39.0 Å². The molecule has 1 N–H and O–H groups in total. The summed E-state index contributed by atoms with van der Waals surface area (Å²) in [4.78, 5) is 27.0. The summed E-state index contributed by atoms with van der Waals surface area (Å²) in [5, 5.41) is 0. The maximum Gasteiger partial charge on any atom is 0.343 e. The fourth-order valence-electron chi connectivity index (χ4n) is 2.59. The summed E-state index contributed by atoms with van der Waals surface area (Å²) in [6, 6.07) is 4.35. The van der Waals surface area contributed by atoms with Crippen LogP contribution in [-0.2, 0) is 31.2 Å². The van der Waals surface area contributed by atoms with E-state index in [4.69, 9.17) is 4.74 Å². The summed E-state index contributed by atoms with van der Waals surface area (Å²) in [5.41, 5.74) is -1.34. The second-order valence-electron chi connectivity index (χ2n) is 8.27. The number of nitrogens with zero attached hydrogens (tertiary/aromatic N) is 1. The van der Waals surface area contributed by atoms with E-state index in [0.717, 1.165) is 0 Å². The number of rotatable bonds is 9. The Labute approximate surface area is 189 Å². The van der Waals surface area contributed by atoms with Gasteiger partial charge in [0, 0.05) is 48.1 Å². The molecule has 0 radical (unpaired) electrons. The highest BCUT2D eigenvalue weighted by molar-refractivity contribution is 9.10. The van der Waals surface area contributed by atoms with Crippen molar-refractivity contribution in [3.05, 3.63) is 45.8 Å². The summed E-state index contributed by atoms with van der Waals surface area (Å²) in [6.45, 7) is 8.66. The molecule has 1 rings (SSSR count). The van der Waals surface area contributed by atoms with Gasteiger partial charge in [-0.05, 0) is 52.8 Å². The maximum absolute atomic E-state index is 14.8. The maximum atomic E-state index is 14.8. The third-order valence-corrected chi connectivity index (χ3v) is 6.34. The molecule has 168 valence electrons. The molecule has 30 heavy (non-hydrogen) atoms. The van der Waals surface area contributed by atoms with Gasteiger partial charge in [-0.2, -0.15) is 0 Å². The molecule has 0 spiro atoms. The fraction of sp³-hybridized carbons (Fsp3) is 0.524. The van der Waals surface area contributed by atoms with E-state index in [-0.39, 0.29) is 24.2 Å². The first kappa shape index (κ1) is 26.6. The normalized spacial score (nSPS) is 15.3. The van der Waals surface area contributed by atoms with Gasteiger partial charge in [-0.25, -0.2) is 9.18 Å². The predicted molar refractivity (Wildman–Crippen MR) is 121 cm³/mol. The smallest absolute Gasteiger partial charge is 0.343 e. The highest BCUT2D eigenvalue weighted by atomic mass is 79.9. The number of ether oxygens (including phenoxy) is 1. The zero-order valence-electron chi connectivity index (χ0n) is 18.5. The first-order valence-electron chi connectivity index (χ1n) is 9.45. The number of halogens is 2. The van der Waals surface area contributed by atoms with Crippen LogP contribution in [0.25, 0.3) is 0 Å². The Balaban J connectivity index is 3.46. The van der Waals surface area contributed by atoms with Crippen LogP contribution in [0.5, 0.6) is 0 Å². The topological polar surface area (TPSA) is 81.7 Å². The molecular formula is C21H30BrFN2O4S. The Bertz CT molecular complexity index is 811. The van der Waals surface area contributed by atoms with Crippen LogP contribution in [0.15, 0.2) is 34.4 Å². The van der Waals surface area contributed by atoms with Crippen molar-refractivity contribution in [2.75, 3.05) is 20.7 Å². The standard InChI is InChI=1S/C21H30BrFN2O4S/c1-8-29-19(27)15(13-25(6)7)18(26)12-21(5,24-30(28)20(2,3)4)16-11-14(22)9-10-17(16)23/h9-11,13,24H,8,12H2,1-7H3/b15-13+/t21-,30?/m0/s1. The number of Topliss-reactive ketones (excluding diaryl/α,β-unsaturated/α-hetero) is 1. The molecule has 0 amide bonds. The molecule has 6 nitrogen and oxygen atoms in total. The Morgan fingerprint density at radius 3 is 2.40 bits per heavy atom. The Kier molecular flexibility index (Phi) is 9.53. The van der Waals surface area contributed by atoms with Crippen LogP contribution in [0.1, 0.15) is 46.6 Å². The summed E-state index contributed by atoms with van der Waals surface area (Å²) in [6.07, 6.45) is 1.07. The Hall–Kier alpha value is -1.42. The van der Waals surface area contributed by atoms with Gasteiger partial charge in [-0.3, -0.25) is 4.79 Å². The van der Waals surface area contributed by atoms with Gasteiger partial charge >= 0.3 is 5.97 Å². The summed E-state index contributed by atoms with van der Waals surface area (Å²) in [5.74, 6) is -1.87. The number of carbonyl (C=O) groups is 2. The van der Waals surface area contributed by atoms with Gasteiger partial charge in [0.05, 0.1) is 12.1 Å². The number of ketones is 1. The molecule has 0 aliphatic rings. The molecule has 0 bridgehead atoms. The Morgan fingerprint density at radius 2 is 1.90 bits per heavy atom. The van der Waals surface area contributed by atoms with Crippen molar-refractivity contribution < 1.29 is 23.3 Å². The van der Waals surface area contributed by atoms with Crippen molar-refractivity contribution in [2.24, 2.45) is 0 Å². The van der Waals surface area contributed by atoms with Crippen LogP contribution >= 0.6 is 15.9 Å². The van der Waals surface area contributed by atoms with E-state index in [0.29, 0.717) is 4.47 Å². The van der Waals surface area contributed by atoms with Gasteiger partial charge < -0.3 is 14.2 Å². The highest BCUT2D eigenvalue weighted by Gasteiger charge is 2.41. The molecule has 0 saturated heterocycles. The van der Waals surface area contributed by atoms with Crippen molar-refractivity contribution in [1.29, 1.82) is 0 Å². The van der Waals surface area contributed by atoms with Gasteiger partial charge in [0.1, 0.15) is 16.1 Å². The van der Waals surface area contributed by atoms with Gasteiger partial charge in [-0.15, -0.1) is 4.72 Å². The van der Waals surface area contributed by atoms with E-state index in [1.54, 1.807) is 53.6 Å². The van der Waals surface area contributed by atoms with Crippen molar-refractivity contribution in [3.63, 3.8) is 0 Å². The lowest BCUT2D eigenvalue weighted by molar-refractivity contribution is -0.140. The zero-order valence-corrected chi connectivity index (χ0v) is 20.9. The third kappa shape index (κ3) is 7.37. The minimum absolute atomic E-state index is 0.112. The van der Waals surface area contributed by atoms with Crippen LogP contribution in [0.4, 0.5) is 4.39 Å². The van der Waals surface area contributed by atoms with E-state index in [1.807, 2.05) is 0 Å². The average Bonchev–Trinajstić information content (AvgIpc) is 2.60. The number of nitrogens with one attached hydrogen (secondary N) is 1. The molecule has 9 heteroatoms. The van der Waals surface area contributed by atoms with Crippen molar-refractivity contribution in [3.8, 4) is 0 Å². The lowest BCUT2D eigenvalue weighted by atomic mass is 9.86. The first-order valence-corrected chi connectivity index (χ1v) is 11.4. The number of carbonyl (C=O) groups excluding carboxylic acids is 2. The molecule has 0 aliphatic heterocycles. The van der Waals surface area contributed by atoms with Crippen molar-refractivity contribution in [2.45, 2.75) is 51.3 Å². The number of benzene rings is 1. The van der Waals surface area contributed by atoms with E-state index in [1.165, 1.54) is 24.4 Å². The molecule has 1 aromatic carbocycles. The van der Waals surface area contributed by atoms with Crippen LogP contribution < -0.4 is 4.72 Å². The van der Waals surface area contributed by atoms with Crippen LogP contribution in [0, 0.1) is 5.82 Å². The van der Waals surface area contributed by atoms with Crippen molar-refractivity contribution in [1.82, 2.24) is 9.62 Å². The minimum Gasteiger partial charge on any atom is -0.598 e. The van der Waals surface area contributed by atoms with Gasteiger partial charge in [0.2, 0.25) is 0 Å². The molecule has 0 heterocycles. The average molecular weight is 505 g/mol. The second kappa shape index (κ2) is 10.7. The number of hydrogen-bond acceptors (Lipinski definition) is 6. The molecule has 0 fully saturated rings. The Morgan fingerprint density at radius 1 is 1.30 bits per heavy atom. The largest absolute Gasteiger partial charge is 0.598 e. The van der Waals surface area contributed by atoms with Gasteiger partial charge in [0.15, 0.2) is 5.78 Å². The minimum atomic E-state index is -1.61. The molecular weight excluding hydrogens is 475 g/mol. The second-order valence-corrected chi connectivity index (χ2v) is 11.1. The summed E-state index contributed by atoms with van der Waals surface area (Å²) < 4.78 is 35.5. The van der Waals surface area contributed by atoms with Crippen LogP contribution in [0.3, 0.4) is 0 Å². The summed E-state index contributed by atoms with van der Waals surface area (Å²) >= 11 is 1.71. The van der Waals surface area contributed by atoms with Gasteiger partial charge in [-0.1, -0.05) is 15.9 Å². The fourth-order valence-corrected chi connectivity index (χ4v) is 3.84. The molecule has 0 aliphatic carbocycles. The first-order chi connectivity index (χ1) is 13.7. The summed E-state index contributed by atoms with van der Waals surface area (Å²) in [7, 11) is 3.35. The number of hydrogen-bond donors (Lipinski definition) is 1. The number of esters is 1. The van der Waals surface area contributed by atoms with E-state index >= 15 is 0 Å². The molecule has 0 saturated carbocycles. The highest BCUT2D eigenvalue weighted by Crippen LogP contribution is 2.33. The monoisotopic (exact) mass is 504 g/mol. The van der Waals surface area contributed by atoms with Gasteiger partial charge in [0.25, 0.3) is 0 Å². The predicted octanol–water partition coefficient (Wildman–Crippen LogP) is 3.82. The lowest BCUT2D eigenvalue weighted by Gasteiger charge is -2.35. The SMILES string of the molecule is CCOC(=O)/C(=C/N(C)C)C(=O)C[C@](C)(N[S+]([O-])C(C)(C)C)c1cc(Br)ccc1F. The van der Waals surface area contributed by atoms with Crippen LogP contribution in [-0.4, -0.2) is 46.7 Å². The van der Waals surface area contributed by atoms with E-state index < -0.39 is 39.2 Å². The zero-order chi connectivity index (χ0) is 23.3. The van der Waals surface area contributed by atoms with E-state index in [9.17, 15) is 18.5 Å². The quantitative estimate of drug-likeness (QED) is 0.181. The third-order valence-electron chi connectivity index (χ3n) is 4.09. The molecule has 0 aromatic heterocycles. The molecule has 1 aromatic rings. The lowest BCUT2D eigenvalue weighted by Crippen LogP contribution is -2.51. The molecule has 2 atom stereocenters. The molecule has 1 unspecified atom stereocenters.